The van der Waals surface area contributed by atoms with Crippen LogP contribution in [0.25, 0.3) is 0 Å². The van der Waals surface area contributed by atoms with Gasteiger partial charge in [-0.1, -0.05) is 44.7 Å². The summed E-state index contributed by atoms with van der Waals surface area (Å²) in [7, 11) is 3.98. The van der Waals surface area contributed by atoms with E-state index in [1.807, 2.05) is 43.3 Å². The lowest BCUT2D eigenvalue weighted by molar-refractivity contribution is -0.118. The van der Waals surface area contributed by atoms with Crippen LogP contribution in [-0.2, 0) is 4.79 Å². The predicted molar refractivity (Wildman–Crippen MR) is 127 cm³/mol. The second kappa shape index (κ2) is 8.19. The highest BCUT2D eigenvalue weighted by molar-refractivity contribution is 7.99. The van der Waals surface area contributed by atoms with Gasteiger partial charge in [-0.15, -0.1) is 0 Å². The molecule has 1 atom stereocenters. The number of fused-ring (bicyclic) bond motifs is 1. The summed E-state index contributed by atoms with van der Waals surface area (Å²) in [6, 6.07) is 8.10. The van der Waals surface area contributed by atoms with Crippen molar-refractivity contribution in [3.05, 3.63) is 57.0 Å². The number of thioether (sulfide) groups is 1. The molecule has 0 amide bonds. The number of rotatable bonds is 5. The molecule has 0 radical (unpaired) electrons. The number of Topliss-reactive ketones (excluding diaryl/α,β-unsaturated/α-hetero) is 1. The normalized spacial score (nSPS) is 19.5. The largest absolute Gasteiger partial charge is 0.378 e. The van der Waals surface area contributed by atoms with Gasteiger partial charge < -0.3 is 15.2 Å². The molecular weight excluding hydrogens is 408 g/mol. The van der Waals surface area contributed by atoms with Crippen LogP contribution in [0.4, 0.5) is 11.5 Å². The number of aromatic nitrogens is 2. The fourth-order valence-corrected chi connectivity index (χ4v) is 5.18. The van der Waals surface area contributed by atoms with Crippen molar-refractivity contribution in [2.75, 3.05) is 30.1 Å². The second-order valence-electron chi connectivity index (χ2n) is 9.36. The molecule has 31 heavy (non-hydrogen) atoms. The molecule has 2 heterocycles. The summed E-state index contributed by atoms with van der Waals surface area (Å²) < 4.78 is 0. The van der Waals surface area contributed by atoms with E-state index < -0.39 is 5.92 Å². The van der Waals surface area contributed by atoms with Crippen molar-refractivity contribution in [1.29, 1.82) is 0 Å². The fraction of sp³-hybridized carbons (Fsp3) is 0.458. The number of aromatic amines is 1. The lowest BCUT2D eigenvalue weighted by Gasteiger charge is -2.38. The first-order chi connectivity index (χ1) is 14.7. The Bertz CT molecular complexity index is 1100. The van der Waals surface area contributed by atoms with Crippen molar-refractivity contribution in [1.82, 2.24) is 9.97 Å². The van der Waals surface area contributed by atoms with E-state index in [-0.39, 0.29) is 16.8 Å². The Labute approximate surface area is 187 Å². The molecule has 6 nitrogen and oxygen atoms in total. The van der Waals surface area contributed by atoms with Crippen molar-refractivity contribution in [2.24, 2.45) is 5.41 Å². The second-order valence-corrected chi connectivity index (χ2v) is 10.4. The highest BCUT2D eigenvalue weighted by atomic mass is 32.2. The standard InChI is InChI=1S/C24H30N4O2S/c1-6-11-31-23-26-21-20(22(30)27-23)18(14-7-9-15(10-8-14)28(4)5)19-16(25-21)12-24(2,3)13-17(19)29/h7-10,18H,6,11-13H2,1-5H3,(H2,25,26,27,30). The third-order valence-corrected chi connectivity index (χ3v) is 6.97. The predicted octanol–water partition coefficient (Wildman–Crippen LogP) is 4.54. The minimum Gasteiger partial charge on any atom is -0.378 e. The van der Waals surface area contributed by atoms with E-state index in [2.05, 4.69) is 31.1 Å². The SMILES string of the molecule is CCCSc1nc2c(c(=O)[nH]1)C(c1ccc(N(C)C)cc1)C1=C(CC(C)(C)CC1=O)N2. The summed E-state index contributed by atoms with van der Waals surface area (Å²) >= 11 is 1.54. The van der Waals surface area contributed by atoms with Crippen LogP contribution in [-0.4, -0.2) is 35.6 Å². The average molecular weight is 439 g/mol. The molecule has 1 unspecified atom stereocenters. The summed E-state index contributed by atoms with van der Waals surface area (Å²) in [5.74, 6) is 1.16. The zero-order valence-corrected chi connectivity index (χ0v) is 19.7. The van der Waals surface area contributed by atoms with Crippen LogP contribution in [0.2, 0.25) is 0 Å². The minimum absolute atomic E-state index is 0.106. The summed E-state index contributed by atoms with van der Waals surface area (Å²) in [4.78, 5) is 36.2. The van der Waals surface area contributed by atoms with Crippen molar-refractivity contribution >= 4 is 29.1 Å². The Morgan fingerprint density at radius 3 is 2.52 bits per heavy atom. The molecular formula is C24H30N4O2S. The Morgan fingerprint density at radius 1 is 1.16 bits per heavy atom. The van der Waals surface area contributed by atoms with E-state index in [9.17, 15) is 9.59 Å². The minimum atomic E-state index is -0.410. The van der Waals surface area contributed by atoms with Crippen molar-refractivity contribution < 1.29 is 4.79 Å². The molecule has 4 rings (SSSR count). The summed E-state index contributed by atoms with van der Waals surface area (Å²) in [6.45, 7) is 6.32. The van der Waals surface area contributed by atoms with Crippen molar-refractivity contribution in [2.45, 2.75) is 51.1 Å². The molecule has 1 aromatic heterocycles. The summed E-state index contributed by atoms with van der Waals surface area (Å²) in [6.07, 6.45) is 2.23. The number of carbonyl (C=O) groups is 1. The van der Waals surface area contributed by atoms with Crippen LogP contribution in [0.5, 0.6) is 0 Å². The first kappa shape index (κ1) is 21.7. The van der Waals surface area contributed by atoms with Gasteiger partial charge in [0.2, 0.25) is 0 Å². The van der Waals surface area contributed by atoms with E-state index in [1.54, 1.807) is 11.8 Å². The molecule has 2 aliphatic rings. The number of allylic oxidation sites excluding steroid dienone is 2. The molecule has 1 aromatic carbocycles. The molecule has 7 heteroatoms. The van der Waals surface area contributed by atoms with Crippen LogP contribution >= 0.6 is 11.8 Å². The van der Waals surface area contributed by atoms with Gasteiger partial charge in [0.15, 0.2) is 10.9 Å². The Kier molecular flexibility index (Phi) is 5.73. The number of nitrogens with zero attached hydrogens (tertiary/aromatic N) is 2. The van der Waals surface area contributed by atoms with E-state index in [1.165, 1.54) is 0 Å². The number of hydrogen-bond acceptors (Lipinski definition) is 6. The average Bonchev–Trinajstić information content (AvgIpc) is 2.69. The molecule has 0 saturated heterocycles. The van der Waals surface area contributed by atoms with Gasteiger partial charge in [0.1, 0.15) is 5.82 Å². The number of carbonyl (C=O) groups excluding carboxylic acids is 1. The zero-order chi connectivity index (χ0) is 22.3. The number of nitrogens with one attached hydrogen (secondary N) is 2. The van der Waals surface area contributed by atoms with Crippen molar-refractivity contribution in [3.8, 4) is 0 Å². The number of H-pyrrole nitrogens is 1. The maximum atomic E-state index is 13.3. The van der Waals surface area contributed by atoms with E-state index in [4.69, 9.17) is 4.98 Å². The van der Waals surface area contributed by atoms with Crippen LogP contribution in [0.1, 0.15) is 57.1 Å². The van der Waals surface area contributed by atoms with Gasteiger partial charge in [-0.05, 0) is 36.0 Å². The maximum Gasteiger partial charge on any atom is 0.257 e. The number of hydrogen-bond donors (Lipinski definition) is 2. The van der Waals surface area contributed by atoms with Crippen LogP contribution < -0.4 is 15.8 Å². The van der Waals surface area contributed by atoms with E-state index >= 15 is 0 Å². The monoisotopic (exact) mass is 438 g/mol. The molecule has 164 valence electrons. The highest BCUT2D eigenvalue weighted by Gasteiger charge is 2.42. The maximum absolute atomic E-state index is 13.3. The van der Waals surface area contributed by atoms with Gasteiger partial charge >= 0.3 is 0 Å². The first-order valence-electron chi connectivity index (χ1n) is 10.8. The van der Waals surface area contributed by atoms with Gasteiger partial charge in [0.05, 0.1) is 5.56 Å². The number of anilines is 2. The number of benzene rings is 1. The molecule has 2 N–H and O–H groups in total. The molecule has 1 aliphatic carbocycles. The van der Waals surface area contributed by atoms with Gasteiger partial charge in [-0.25, -0.2) is 4.98 Å². The lowest BCUT2D eigenvalue weighted by Crippen LogP contribution is -2.37. The molecule has 2 aromatic rings. The zero-order valence-electron chi connectivity index (χ0n) is 18.8. The van der Waals surface area contributed by atoms with Gasteiger partial charge in [-0.3, -0.25) is 9.59 Å². The van der Waals surface area contributed by atoms with E-state index in [0.717, 1.165) is 35.5 Å². The summed E-state index contributed by atoms with van der Waals surface area (Å²) in [5, 5.41) is 3.99. The lowest BCUT2D eigenvalue weighted by atomic mass is 9.69. The van der Waals surface area contributed by atoms with Gasteiger partial charge in [0.25, 0.3) is 5.56 Å². The van der Waals surface area contributed by atoms with E-state index in [0.29, 0.717) is 28.5 Å². The third-order valence-electron chi connectivity index (χ3n) is 5.89. The first-order valence-corrected chi connectivity index (χ1v) is 11.8. The van der Waals surface area contributed by atoms with Crippen molar-refractivity contribution in [3.63, 3.8) is 0 Å². The summed E-state index contributed by atoms with van der Waals surface area (Å²) in [5.41, 5.74) is 3.86. The quantitative estimate of drug-likeness (QED) is 0.527. The van der Waals surface area contributed by atoms with Crippen LogP contribution in [0, 0.1) is 5.41 Å². The highest BCUT2D eigenvalue weighted by Crippen LogP contribution is 2.47. The topological polar surface area (TPSA) is 78.1 Å². The Morgan fingerprint density at radius 2 is 1.87 bits per heavy atom. The Hall–Kier alpha value is -2.54. The van der Waals surface area contributed by atoms with Gasteiger partial charge in [0, 0.05) is 49.1 Å². The fourth-order valence-electron chi connectivity index (χ4n) is 4.46. The smallest absolute Gasteiger partial charge is 0.257 e. The molecule has 0 bridgehead atoms. The van der Waals surface area contributed by atoms with Gasteiger partial charge in [-0.2, -0.15) is 0 Å². The molecule has 1 aliphatic heterocycles. The van der Waals surface area contributed by atoms with Crippen LogP contribution in [0.3, 0.4) is 0 Å². The number of ketones is 1. The molecule has 0 fully saturated rings. The van der Waals surface area contributed by atoms with Crippen LogP contribution in [0.15, 0.2) is 45.5 Å². The Balaban J connectivity index is 1.88. The molecule has 0 saturated carbocycles. The molecule has 0 spiro atoms. The third kappa shape index (κ3) is 4.15.